The minimum atomic E-state index is -0.805. The van der Waals surface area contributed by atoms with Crippen LogP contribution in [0.4, 0.5) is 8.78 Å². The van der Waals surface area contributed by atoms with Crippen molar-refractivity contribution in [2.24, 2.45) is 0 Å². The van der Waals surface area contributed by atoms with E-state index in [-0.39, 0.29) is 11.6 Å². The zero-order chi connectivity index (χ0) is 15.2. The van der Waals surface area contributed by atoms with Crippen LogP contribution in [0.3, 0.4) is 0 Å². The fraction of sp³-hybridized carbons (Fsp3) is 0.625. The third kappa shape index (κ3) is 5.17. The molecular formula is C16H25F2NO. The SMILES string of the molecule is CCCNC(CCC(C)(C)OC)c1ccc(F)c(F)c1. The summed E-state index contributed by atoms with van der Waals surface area (Å²) in [7, 11) is 1.69. The van der Waals surface area contributed by atoms with Crippen molar-refractivity contribution in [2.45, 2.75) is 51.7 Å². The molecule has 1 aromatic rings. The van der Waals surface area contributed by atoms with Crippen molar-refractivity contribution in [2.75, 3.05) is 13.7 Å². The molecule has 0 saturated heterocycles. The first kappa shape index (κ1) is 17.1. The van der Waals surface area contributed by atoms with E-state index >= 15 is 0 Å². The summed E-state index contributed by atoms with van der Waals surface area (Å²) in [5.41, 5.74) is 0.564. The van der Waals surface area contributed by atoms with Crippen LogP contribution < -0.4 is 5.32 Å². The number of rotatable bonds is 8. The molecule has 1 N–H and O–H groups in total. The Balaban J connectivity index is 2.79. The Kier molecular flexibility index (Phi) is 6.56. The fourth-order valence-electron chi connectivity index (χ4n) is 2.03. The van der Waals surface area contributed by atoms with Crippen LogP contribution in [-0.2, 0) is 4.74 Å². The molecule has 0 radical (unpaired) electrons. The molecule has 0 fully saturated rings. The number of ether oxygens (including phenoxy) is 1. The van der Waals surface area contributed by atoms with Gasteiger partial charge in [-0.05, 0) is 57.4 Å². The van der Waals surface area contributed by atoms with Gasteiger partial charge in [0.15, 0.2) is 11.6 Å². The van der Waals surface area contributed by atoms with Gasteiger partial charge in [0.1, 0.15) is 0 Å². The Hall–Kier alpha value is -1.00. The van der Waals surface area contributed by atoms with E-state index in [1.807, 2.05) is 13.8 Å². The lowest BCUT2D eigenvalue weighted by atomic mass is 9.94. The first-order valence-corrected chi connectivity index (χ1v) is 7.13. The number of hydrogen-bond acceptors (Lipinski definition) is 2. The average molecular weight is 285 g/mol. The summed E-state index contributed by atoms with van der Waals surface area (Å²) >= 11 is 0. The molecule has 0 aliphatic heterocycles. The first-order chi connectivity index (χ1) is 9.39. The molecular weight excluding hydrogens is 260 g/mol. The molecule has 1 rings (SSSR count). The Morgan fingerprint density at radius 2 is 1.95 bits per heavy atom. The van der Waals surface area contributed by atoms with E-state index in [4.69, 9.17) is 4.74 Å². The predicted molar refractivity (Wildman–Crippen MR) is 77.7 cm³/mol. The molecule has 114 valence electrons. The van der Waals surface area contributed by atoms with E-state index in [1.165, 1.54) is 12.1 Å². The normalized spacial score (nSPS) is 13.5. The summed E-state index contributed by atoms with van der Waals surface area (Å²) in [6, 6.07) is 4.13. The molecule has 0 amide bonds. The highest BCUT2D eigenvalue weighted by molar-refractivity contribution is 5.21. The Morgan fingerprint density at radius 1 is 1.25 bits per heavy atom. The van der Waals surface area contributed by atoms with Gasteiger partial charge in [0.2, 0.25) is 0 Å². The number of nitrogens with one attached hydrogen (secondary N) is 1. The van der Waals surface area contributed by atoms with Gasteiger partial charge in [0, 0.05) is 13.2 Å². The monoisotopic (exact) mass is 285 g/mol. The van der Waals surface area contributed by atoms with E-state index in [9.17, 15) is 8.78 Å². The molecule has 0 saturated carbocycles. The lowest BCUT2D eigenvalue weighted by molar-refractivity contribution is 0.0116. The van der Waals surface area contributed by atoms with E-state index < -0.39 is 11.6 Å². The van der Waals surface area contributed by atoms with Gasteiger partial charge in [-0.2, -0.15) is 0 Å². The Labute approximate surface area is 120 Å². The molecule has 1 unspecified atom stereocenters. The summed E-state index contributed by atoms with van der Waals surface area (Å²) in [6.07, 6.45) is 2.64. The maximum atomic E-state index is 13.4. The highest BCUT2D eigenvalue weighted by Gasteiger charge is 2.20. The molecule has 20 heavy (non-hydrogen) atoms. The van der Waals surface area contributed by atoms with Crippen LogP contribution in [0.2, 0.25) is 0 Å². The van der Waals surface area contributed by atoms with Gasteiger partial charge >= 0.3 is 0 Å². The largest absolute Gasteiger partial charge is 0.379 e. The highest BCUT2D eigenvalue weighted by atomic mass is 19.2. The van der Waals surface area contributed by atoms with Crippen LogP contribution >= 0.6 is 0 Å². The van der Waals surface area contributed by atoms with E-state index in [2.05, 4.69) is 12.2 Å². The van der Waals surface area contributed by atoms with Crippen molar-refractivity contribution in [1.29, 1.82) is 0 Å². The summed E-state index contributed by atoms with van der Waals surface area (Å²) in [5, 5.41) is 3.38. The molecule has 0 aliphatic carbocycles. The van der Waals surface area contributed by atoms with Crippen molar-refractivity contribution < 1.29 is 13.5 Å². The second-order valence-corrected chi connectivity index (χ2v) is 5.68. The van der Waals surface area contributed by atoms with Crippen LogP contribution in [0, 0.1) is 11.6 Å². The smallest absolute Gasteiger partial charge is 0.159 e. The van der Waals surface area contributed by atoms with Crippen molar-refractivity contribution in [3.05, 3.63) is 35.4 Å². The molecule has 0 aliphatic rings. The van der Waals surface area contributed by atoms with Gasteiger partial charge in [-0.1, -0.05) is 13.0 Å². The van der Waals surface area contributed by atoms with E-state index in [1.54, 1.807) is 13.2 Å². The topological polar surface area (TPSA) is 21.3 Å². The Bertz CT molecular complexity index is 421. The molecule has 4 heteroatoms. The summed E-state index contributed by atoms with van der Waals surface area (Å²) in [5.74, 6) is -1.60. The lowest BCUT2D eigenvalue weighted by Gasteiger charge is -2.27. The van der Waals surface area contributed by atoms with Crippen molar-refractivity contribution in [3.63, 3.8) is 0 Å². The van der Waals surface area contributed by atoms with Crippen LogP contribution in [0.15, 0.2) is 18.2 Å². The van der Waals surface area contributed by atoms with Crippen molar-refractivity contribution >= 4 is 0 Å². The maximum Gasteiger partial charge on any atom is 0.159 e. The van der Waals surface area contributed by atoms with Crippen LogP contribution in [0.5, 0.6) is 0 Å². The van der Waals surface area contributed by atoms with Gasteiger partial charge in [-0.25, -0.2) is 8.78 Å². The second kappa shape index (κ2) is 7.70. The van der Waals surface area contributed by atoms with E-state index in [0.29, 0.717) is 0 Å². The zero-order valence-corrected chi connectivity index (χ0v) is 12.8. The van der Waals surface area contributed by atoms with E-state index in [0.717, 1.165) is 31.4 Å². The number of halogens is 2. The van der Waals surface area contributed by atoms with Crippen LogP contribution in [-0.4, -0.2) is 19.3 Å². The van der Waals surface area contributed by atoms with Gasteiger partial charge in [0.25, 0.3) is 0 Å². The molecule has 0 spiro atoms. The predicted octanol–water partition coefficient (Wildman–Crippen LogP) is 4.21. The molecule has 1 atom stereocenters. The summed E-state index contributed by atoms with van der Waals surface area (Å²) in [6.45, 7) is 6.97. The average Bonchev–Trinajstić information content (AvgIpc) is 2.42. The minimum absolute atomic E-state index is 0.0134. The van der Waals surface area contributed by atoms with Crippen LogP contribution in [0.25, 0.3) is 0 Å². The summed E-state index contributed by atoms with van der Waals surface area (Å²) < 4.78 is 31.8. The molecule has 0 heterocycles. The number of benzene rings is 1. The van der Waals surface area contributed by atoms with Gasteiger partial charge in [-0.15, -0.1) is 0 Å². The third-order valence-corrected chi connectivity index (χ3v) is 3.57. The zero-order valence-electron chi connectivity index (χ0n) is 12.8. The first-order valence-electron chi connectivity index (χ1n) is 7.13. The molecule has 2 nitrogen and oxygen atoms in total. The van der Waals surface area contributed by atoms with Crippen molar-refractivity contribution in [1.82, 2.24) is 5.32 Å². The lowest BCUT2D eigenvalue weighted by Crippen LogP contribution is -2.28. The highest BCUT2D eigenvalue weighted by Crippen LogP contribution is 2.25. The quantitative estimate of drug-likeness (QED) is 0.772. The van der Waals surface area contributed by atoms with Crippen LogP contribution in [0.1, 0.15) is 51.6 Å². The van der Waals surface area contributed by atoms with Gasteiger partial charge < -0.3 is 10.1 Å². The molecule has 0 bridgehead atoms. The molecule has 1 aromatic carbocycles. The minimum Gasteiger partial charge on any atom is -0.379 e. The van der Waals surface area contributed by atoms with Gasteiger partial charge in [-0.3, -0.25) is 0 Å². The number of hydrogen-bond donors (Lipinski definition) is 1. The Morgan fingerprint density at radius 3 is 2.50 bits per heavy atom. The standard InChI is InChI=1S/C16H25F2NO/c1-5-10-19-15(8-9-16(2,3)20-4)12-6-7-13(17)14(18)11-12/h6-7,11,15,19H,5,8-10H2,1-4H3. The fourth-order valence-corrected chi connectivity index (χ4v) is 2.03. The maximum absolute atomic E-state index is 13.4. The second-order valence-electron chi connectivity index (χ2n) is 5.68. The molecule has 0 aromatic heterocycles. The van der Waals surface area contributed by atoms with Gasteiger partial charge in [0.05, 0.1) is 5.60 Å². The van der Waals surface area contributed by atoms with Crippen molar-refractivity contribution in [3.8, 4) is 0 Å². The third-order valence-electron chi connectivity index (χ3n) is 3.57. The number of methoxy groups -OCH3 is 1. The summed E-state index contributed by atoms with van der Waals surface area (Å²) in [4.78, 5) is 0.